The Hall–Kier alpha value is -0.420. The molecule has 18 heavy (non-hydrogen) atoms. The van der Waals surface area contributed by atoms with Crippen LogP contribution in [-0.4, -0.2) is 26.4 Å². The largest absolute Gasteiger partial charge is 0.381 e. The molecule has 0 saturated carbocycles. The summed E-state index contributed by atoms with van der Waals surface area (Å²) < 4.78 is 10.6. The summed E-state index contributed by atoms with van der Waals surface area (Å²) in [5.74, 6) is 0. The van der Waals surface area contributed by atoms with Crippen molar-refractivity contribution in [3.05, 3.63) is 21.4 Å². The molecule has 2 aliphatic heterocycles. The van der Waals surface area contributed by atoms with Crippen LogP contribution in [0, 0.1) is 6.92 Å². The minimum absolute atomic E-state index is 0.152. The summed E-state index contributed by atoms with van der Waals surface area (Å²) in [6.07, 6.45) is 5.14. The molecule has 2 aliphatic rings. The van der Waals surface area contributed by atoms with Crippen LogP contribution in [0.5, 0.6) is 0 Å². The van der Waals surface area contributed by atoms with Crippen LogP contribution in [0.2, 0.25) is 0 Å². The first-order valence-corrected chi connectivity index (χ1v) is 7.61. The lowest BCUT2D eigenvalue weighted by Gasteiger charge is -2.21. The Morgan fingerprint density at radius 3 is 2.61 bits per heavy atom. The highest BCUT2D eigenvalue weighted by molar-refractivity contribution is 7.12. The molecule has 1 atom stereocenters. The topological polar surface area (TPSA) is 44.5 Å². The fourth-order valence-corrected chi connectivity index (χ4v) is 3.38. The number of nitrogens with two attached hydrogens (primary N) is 1. The fourth-order valence-electron chi connectivity index (χ4n) is 2.32. The molecular weight excluding hydrogens is 246 g/mol. The molecule has 1 fully saturated rings. The van der Waals surface area contributed by atoms with Crippen molar-refractivity contribution in [3.63, 3.8) is 0 Å². The van der Waals surface area contributed by atoms with Gasteiger partial charge in [0.15, 0.2) is 0 Å². The predicted octanol–water partition coefficient (Wildman–Crippen LogP) is 2.82. The van der Waals surface area contributed by atoms with Gasteiger partial charge < -0.3 is 15.2 Å². The molecule has 2 N–H and O–H groups in total. The van der Waals surface area contributed by atoms with E-state index in [1.807, 2.05) is 11.3 Å². The Labute approximate surface area is 113 Å². The van der Waals surface area contributed by atoms with E-state index in [-0.39, 0.29) is 6.10 Å². The van der Waals surface area contributed by atoms with Gasteiger partial charge in [-0.25, -0.2) is 0 Å². The van der Waals surface area contributed by atoms with Gasteiger partial charge in [-0.3, -0.25) is 0 Å². The van der Waals surface area contributed by atoms with Gasteiger partial charge in [-0.1, -0.05) is 0 Å². The Kier molecular flexibility index (Phi) is 5.63. The second kappa shape index (κ2) is 7.24. The standard InChI is InChI=1S/C9H13NOS.C5H10O/c1-6-4-7-8(5-10)11-3-2-9(7)12-6;1-2-4-6-5-3-1/h4,8H,2-3,5,10H2,1H3;1-5H2. The zero-order valence-corrected chi connectivity index (χ0v) is 11.9. The number of hydrogen-bond donors (Lipinski definition) is 1. The third-order valence-corrected chi connectivity index (χ3v) is 4.38. The van der Waals surface area contributed by atoms with Crippen LogP contribution >= 0.6 is 11.3 Å². The van der Waals surface area contributed by atoms with Gasteiger partial charge in [0.1, 0.15) is 0 Å². The number of hydrogen-bond acceptors (Lipinski definition) is 4. The summed E-state index contributed by atoms with van der Waals surface area (Å²) >= 11 is 1.87. The van der Waals surface area contributed by atoms with Crippen molar-refractivity contribution in [2.24, 2.45) is 5.73 Å². The quantitative estimate of drug-likeness (QED) is 0.852. The van der Waals surface area contributed by atoms with Crippen LogP contribution < -0.4 is 5.73 Å². The number of fused-ring (bicyclic) bond motifs is 1. The molecule has 1 saturated heterocycles. The van der Waals surface area contributed by atoms with Crippen molar-refractivity contribution in [2.75, 3.05) is 26.4 Å². The first-order valence-electron chi connectivity index (χ1n) is 6.80. The molecule has 0 aromatic carbocycles. The van der Waals surface area contributed by atoms with Crippen molar-refractivity contribution in [2.45, 2.75) is 38.7 Å². The van der Waals surface area contributed by atoms with Crippen LogP contribution in [0.3, 0.4) is 0 Å². The van der Waals surface area contributed by atoms with Gasteiger partial charge in [0, 0.05) is 35.9 Å². The zero-order chi connectivity index (χ0) is 12.8. The van der Waals surface area contributed by atoms with Crippen LogP contribution in [0.4, 0.5) is 0 Å². The van der Waals surface area contributed by atoms with Crippen LogP contribution in [0.25, 0.3) is 0 Å². The molecule has 0 bridgehead atoms. The Morgan fingerprint density at radius 2 is 2.06 bits per heavy atom. The van der Waals surface area contributed by atoms with Crippen molar-refractivity contribution in [1.29, 1.82) is 0 Å². The minimum atomic E-state index is 0.152. The van der Waals surface area contributed by atoms with Gasteiger partial charge in [-0.15, -0.1) is 11.3 Å². The SMILES string of the molecule is C1CCOCC1.Cc1cc2c(s1)CCOC2CN. The van der Waals surface area contributed by atoms with Crippen molar-refractivity contribution < 1.29 is 9.47 Å². The maximum Gasteiger partial charge on any atom is 0.0958 e. The summed E-state index contributed by atoms with van der Waals surface area (Å²) in [6, 6.07) is 2.21. The smallest absolute Gasteiger partial charge is 0.0958 e. The summed E-state index contributed by atoms with van der Waals surface area (Å²) in [6.45, 7) is 5.56. The fraction of sp³-hybridized carbons (Fsp3) is 0.714. The van der Waals surface area contributed by atoms with Crippen LogP contribution in [-0.2, 0) is 15.9 Å². The predicted molar refractivity (Wildman–Crippen MR) is 75.2 cm³/mol. The molecule has 1 aromatic heterocycles. The number of thiophene rings is 1. The lowest BCUT2D eigenvalue weighted by atomic mass is 10.1. The molecule has 1 aromatic rings. The third kappa shape index (κ3) is 3.79. The Balaban J connectivity index is 0.000000169. The average molecular weight is 269 g/mol. The van der Waals surface area contributed by atoms with E-state index in [1.165, 1.54) is 34.6 Å². The van der Waals surface area contributed by atoms with Gasteiger partial charge in [0.25, 0.3) is 0 Å². The number of ether oxygens (including phenoxy) is 2. The second-order valence-corrected chi connectivity index (χ2v) is 6.09. The maximum absolute atomic E-state index is 5.61. The molecule has 1 unspecified atom stereocenters. The Morgan fingerprint density at radius 1 is 1.28 bits per heavy atom. The van der Waals surface area contributed by atoms with E-state index >= 15 is 0 Å². The minimum Gasteiger partial charge on any atom is -0.381 e. The molecule has 102 valence electrons. The van der Waals surface area contributed by atoms with Gasteiger partial charge in [-0.2, -0.15) is 0 Å². The Bertz CT molecular complexity index is 349. The molecule has 0 radical (unpaired) electrons. The highest BCUT2D eigenvalue weighted by atomic mass is 32.1. The maximum atomic E-state index is 5.61. The molecule has 3 nitrogen and oxygen atoms in total. The number of aryl methyl sites for hydroxylation is 1. The highest BCUT2D eigenvalue weighted by Gasteiger charge is 2.21. The van der Waals surface area contributed by atoms with E-state index in [4.69, 9.17) is 15.2 Å². The first-order chi connectivity index (χ1) is 8.81. The highest BCUT2D eigenvalue weighted by Crippen LogP contribution is 2.32. The van der Waals surface area contributed by atoms with Gasteiger partial charge in [-0.05, 0) is 37.8 Å². The molecular formula is C14H23NO2S. The molecule has 0 amide bonds. The van der Waals surface area contributed by atoms with Crippen molar-refractivity contribution in [1.82, 2.24) is 0 Å². The first kappa shape index (κ1) is 14.0. The van der Waals surface area contributed by atoms with E-state index < -0.39 is 0 Å². The lowest BCUT2D eigenvalue weighted by Crippen LogP contribution is -2.21. The third-order valence-electron chi connectivity index (χ3n) is 3.25. The average Bonchev–Trinajstić information content (AvgIpc) is 2.81. The van der Waals surface area contributed by atoms with E-state index in [2.05, 4.69) is 13.0 Å². The van der Waals surface area contributed by atoms with Gasteiger partial charge in [0.05, 0.1) is 12.7 Å². The van der Waals surface area contributed by atoms with E-state index in [1.54, 1.807) is 0 Å². The van der Waals surface area contributed by atoms with Gasteiger partial charge in [0.2, 0.25) is 0 Å². The van der Waals surface area contributed by atoms with Crippen LogP contribution in [0.15, 0.2) is 6.07 Å². The molecule has 3 rings (SSSR count). The summed E-state index contributed by atoms with van der Waals surface area (Å²) in [5, 5.41) is 0. The van der Waals surface area contributed by atoms with Crippen LogP contribution in [0.1, 0.15) is 40.7 Å². The van der Waals surface area contributed by atoms with Crippen molar-refractivity contribution >= 4 is 11.3 Å². The van der Waals surface area contributed by atoms with E-state index in [0.29, 0.717) is 6.54 Å². The summed E-state index contributed by atoms with van der Waals surface area (Å²) in [5.41, 5.74) is 6.93. The van der Waals surface area contributed by atoms with E-state index in [0.717, 1.165) is 26.2 Å². The molecule has 0 spiro atoms. The summed E-state index contributed by atoms with van der Waals surface area (Å²) in [7, 11) is 0. The molecule has 0 aliphatic carbocycles. The van der Waals surface area contributed by atoms with E-state index in [9.17, 15) is 0 Å². The normalized spacial score (nSPS) is 22.9. The monoisotopic (exact) mass is 269 g/mol. The zero-order valence-electron chi connectivity index (χ0n) is 11.1. The lowest BCUT2D eigenvalue weighted by molar-refractivity contribution is 0.0498. The molecule has 3 heterocycles. The van der Waals surface area contributed by atoms with Gasteiger partial charge >= 0.3 is 0 Å². The second-order valence-electron chi connectivity index (χ2n) is 4.75. The summed E-state index contributed by atoms with van der Waals surface area (Å²) in [4.78, 5) is 2.83. The van der Waals surface area contributed by atoms with Crippen molar-refractivity contribution in [3.8, 4) is 0 Å². The number of rotatable bonds is 1. The molecule has 4 heteroatoms.